The molecule has 3 N–H and O–H groups in total. The number of hydrogen-bond acceptors (Lipinski definition) is 8. The number of nitrogens with one attached hydrogen (secondary N) is 3. The number of alkyl halides is 3. The Bertz CT molecular complexity index is 1120. The zero-order valence-corrected chi connectivity index (χ0v) is 18.9. The first-order valence-corrected chi connectivity index (χ1v) is 10.9. The first-order chi connectivity index (χ1) is 15.2. The van der Waals surface area contributed by atoms with Crippen LogP contribution in [0.4, 0.5) is 24.7 Å². The topological polar surface area (TPSA) is 139 Å². The van der Waals surface area contributed by atoms with Gasteiger partial charge < -0.3 is 15.4 Å². The number of carbonyl (C=O) groups is 2. The van der Waals surface area contributed by atoms with Gasteiger partial charge in [-0.15, -0.1) is 0 Å². The summed E-state index contributed by atoms with van der Waals surface area (Å²) in [6.45, 7) is 4.97. The van der Waals surface area contributed by atoms with E-state index >= 15 is 0 Å². The normalized spacial score (nSPS) is 13.5. The van der Waals surface area contributed by atoms with Crippen LogP contribution in [-0.4, -0.2) is 48.7 Å². The lowest BCUT2D eigenvalue weighted by atomic mass is 10.1. The molecule has 1 heterocycles. The van der Waals surface area contributed by atoms with E-state index in [1.165, 1.54) is 13.0 Å². The van der Waals surface area contributed by atoms with E-state index in [4.69, 9.17) is 0 Å². The van der Waals surface area contributed by atoms with Crippen molar-refractivity contribution in [3.8, 4) is 0 Å². The average molecular weight is 489 g/mol. The lowest BCUT2D eigenvalue weighted by Crippen LogP contribution is -2.69. The molecule has 1 aromatic heterocycles. The van der Waals surface area contributed by atoms with Gasteiger partial charge >= 0.3 is 17.8 Å². The number of amides is 1. The van der Waals surface area contributed by atoms with Crippen LogP contribution < -0.4 is 15.4 Å². The Balaban J connectivity index is 2.38. The number of anilines is 2. The second kappa shape index (κ2) is 9.60. The second-order valence-electron chi connectivity index (χ2n) is 6.85. The van der Waals surface area contributed by atoms with E-state index in [9.17, 15) is 31.2 Å². The number of benzene rings is 1. The van der Waals surface area contributed by atoms with E-state index in [-0.39, 0.29) is 23.0 Å². The first-order valence-electron chi connectivity index (χ1n) is 9.46. The molecule has 0 saturated heterocycles. The largest absolute Gasteiger partial charge is 0.463 e. The fourth-order valence-corrected chi connectivity index (χ4v) is 3.79. The second-order valence-corrected chi connectivity index (χ2v) is 8.53. The van der Waals surface area contributed by atoms with Crippen LogP contribution in [0.5, 0.6) is 0 Å². The van der Waals surface area contributed by atoms with Crippen LogP contribution >= 0.6 is 0 Å². The number of carbonyl (C=O) groups excluding carboxylic acids is 2. The summed E-state index contributed by atoms with van der Waals surface area (Å²) in [7, 11) is -4.13. The number of sulfonamides is 1. The highest BCUT2D eigenvalue weighted by molar-refractivity contribution is 7.92. The van der Waals surface area contributed by atoms with Crippen molar-refractivity contribution < 1.29 is 35.9 Å². The van der Waals surface area contributed by atoms with Gasteiger partial charge in [0, 0.05) is 24.4 Å². The van der Waals surface area contributed by atoms with Gasteiger partial charge in [-0.1, -0.05) is 0 Å². The number of rotatable bonds is 8. The molecule has 1 atom stereocenters. The number of nitrogens with zero attached hydrogens (tertiary/aromatic N) is 2. The minimum atomic E-state index is -5.29. The highest BCUT2D eigenvalue weighted by atomic mass is 32.2. The number of halogens is 3. The lowest BCUT2D eigenvalue weighted by molar-refractivity contribution is -0.207. The molecule has 0 aliphatic heterocycles. The molecule has 1 aromatic carbocycles. The molecule has 1 amide bonds. The summed E-state index contributed by atoms with van der Waals surface area (Å²) < 4.78 is 73.6. The molecule has 2 rings (SSSR count). The monoisotopic (exact) mass is 489 g/mol. The first kappa shape index (κ1) is 25.8. The van der Waals surface area contributed by atoms with Crippen molar-refractivity contribution >= 4 is 33.4 Å². The highest BCUT2D eigenvalue weighted by Gasteiger charge is 2.63. The average Bonchev–Trinajstić information content (AvgIpc) is 2.65. The zero-order chi connectivity index (χ0) is 25.0. The van der Waals surface area contributed by atoms with E-state index in [1.807, 2.05) is 5.32 Å². The molecule has 0 unspecified atom stereocenters. The standard InChI is InChI=1S/C19H22F3N5O5S/c1-5-32-17(29)18(19(20,21)22,25-13(4)28)26-14-6-8-15(9-7-14)33(30,31)27-16-10-11(2)23-12(3)24-16/h6-10,26H,5H2,1-4H3,(H,25,28)(H,23,24,27)/t18-/m0/s1. The van der Waals surface area contributed by atoms with E-state index in [0.29, 0.717) is 11.5 Å². The van der Waals surface area contributed by atoms with Gasteiger partial charge in [-0.2, -0.15) is 13.2 Å². The number of hydrogen-bond donors (Lipinski definition) is 3. The Morgan fingerprint density at radius 2 is 1.70 bits per heavy atom. The summed E-state index contributed by atoms with van der Waals surface area (Å²) in [4.78, 5) is 31.4. The summed E-state index contributed by atoms with van der Waals surface area (Å²) in [5.74, 6) is -2.56. The summed E-state index contributed by atoms with van der Waals surface area (Å²) in [6, 6.07) is 5.46. The van der Waals surface area contributed by atoms with E-state index in [1.54, 1.807) is 19.2 Å². The van der Waals surface area contributed by atoms with Gasteiger partial charge in [0.05, 0.1) is 11.5 Å². The van der Waals surface area contributed by atoms with Crippen LogP contribution in [0.25, 0.3) is 0 Å². The fourth-order valence-electron chi connectivity index (χ4n) is 2.79. The van der Waals surface area contributed by atoms with Crippen LogP contribution in [0.3, 0.4) is 0 Å². The third-order valence-electron chi connectivity index (χ3n) is 4.07. The Hall–Kier alpha value is -3.42. The van der Waals surface area contributed by atoms with Crippen molar-refractivity contribution in [2.75, 3.05) is 16.6 Å². The minimum absolute atomic E-state index is 0.0197. The predicted octanol–water partition coefficient (Wildman–Crippen LogP) is 2.26. The number of esters is 1. The van der Waals surface area contributed by atoms with Crippen molar-refractivity contribution in [2.24, 2.45) is 0 Å². The van der Waals surface area contributed by atoms with Gasteiger partial charge in [0.15, 0.2) is 0 Å². The number of ether oxygens (including phenoxy) is 1. The van der Waals surface area contributed by atoms with Gasteiger partial charge in [0.2, 0.25) is 5.91 Å². The van der Waals surface area contributed by atoms with Crippen molar-refractivity contribution in [3.63, 3.8) is 0 Å². The predicted molar refractivity (Wildman–Crippen MR) is 112 cm³/mol. The van der Waals surface area contributed by atoms with Gasteiger partial charge in [-0.05, 0) is 45.0 Å². The molecule has 0 bridgehead atoms. The molecule has 0 aliphatic carbocycles. The smallest absolute Gasteiger partial charge is 0.441 e. The van der Waals surface area contributed by atoms with Gasteiger partial charge in [0.1, 0.15) is 11.6 Å². The van der Waals surface area contributed by atoms with Crippen molar-refractivity contribution in [1.82, 2.24) is 15.3 Å². The number of aromatic nitrogens is 2. The van der Waals surface area contributed by atoms with Gasteiger partial charge in [0.25, 0.3) is 10.0 Å². The van der Waals surface area contributed by atoms with Crippen LogP contribution in [0.2, 0.25) is 0 Å². The molecule has 2 aromatic rings. The summed E-state index contributed by atoms with van der Waals surface area (Å²) in [5, 5.41) is 3.48. The molecule has 14 heteroatoms. The Kier molecular flexibility index (Phi) is 7.52. The van der Waals surface area contributed by atoms with E-state index < -0.39 is 33.7 Å². The van der Waals surface area contributed by atoms with E-state index in [2.05, 4.69) is 19.4 Å². The number of aryl methyl sites for hydroxylation is 2. The summed E-state index contributed by atoms with van der Waals surface area (Å²) >= 11 is 0. The Morgan fingerprint density at radius 1 is 1.09 bits per heavy atom. The van der Waals surface area contributed by atoms with Crippen molar-refractivity contribution in [3.05, 3.63) is 41.9 Å². The maximum atomic E-state index is 13.9. The third-order valence-corrected chi connectivity index (χ3v) is 5.44. The third kappa shape index (κ3) is 6.09. The van der Waals surface area contributed by atoms with E-state index in [0.717, 1.165) is 31.2 Å². The molecule has 0 radical (unpaired) electrons. The van der Waals surface area contributed by atoms with Crippen molar-refractivity contribution in [1.29, 1.82) is 0 Å². The molecule has 0 fully saturated rings. The van der Waals surface area contributed by atoms with Crippen LogP contribution in [0.15, 0.2) is 35.2 Å². The maximum Gasteiger partial charge on any atom is 0.441 e. The SMILES string of the molecule is CCOC(=O)[C@](NC(C)=O)(Nc1ccc(S(=O)(=O)Nc2cc(C)nc(C)n2)cc1)C(F)(F)F. The van der Waals surface area contributed by atoms with Gasteiger partial charge in [-0.3, -0.25) is 9.52 Å². The molecule has 0 saturated carbocycles. The van der Waals surface area contributed by atoms with Crippen LogP contribution in [0, 0.1) is 13.8 Å². The lowest BCUT2D eigenvalue weighted by Gasteiger charge is -2.35. The van der Waals surface area contributed by atoms with Crippen molar-refractivity contribution in [2.45, 2.75) is 44.4 Å². The molecule has 10 nitrogen and oxygen atoms in total. The fraction of sp³-hybridized carbons (Fsp3) is 0.368. The maximum absolute atomic E-state index is 13.9. The molecule has 0 spiro atoms. The molecule has 0 aliphatic rings. The summed E-state index contributed by atoms with van der Waals surface area (Å²) in [5.41, 5.74) is -3.36. The molecular formula is C19H22F3N5O5S. The molecular weight excluding hydrogens is 467 g/mol. The Labute approximate surface area is 188 Å². The zero-order valence-electron chi connectivity index (χ0n) is 18.1. The minimum Gasteiger partial charge on any atom is -0.463 e. The highest BCUT2D eigenvalue weighted by Crippen LogP contribution is 2.33. The summed E-state index contributed by atoms with van der Waals surface area (Å²) in [6.07, 6.45) is -5.29. The molecule has 180 valence electrons. The Morgan fingerprint density at radius 3 is 2.18 bits per heavy atom. The quantitative estimate of drug-likeness (QED) is 0.379. The van der Waals surface area contributed by atoms with Crippen LogP contribution in [0.1, 0.15) is 25.4 Å². The van der Waals surface area contributed by atoms with Crippen LogP contribution in [-0.2, 0) is 24.3 Å². The molecule has 33 heavy (non-hydrogen) atoms. The van der Waals surface area contributed by atoms with Gasteiger partial charge in [-0.25, -0.2) is 23.2 Å².